The molecule has 0 heterocycles. The van der Waals surface area contributed by atoms with E-state index in [-0.39, 0.29) is 5.91 Å². The molecule has 1 N–H and O–H groups in total. The summed E-state index contributed by atoms with van der Waals surface area (Å²) in [5, 5.41) is 2.91. The van der Waals surface area contributed by atoms with E-state index in [0.717, 1.165) is 11.3 Å². The van der Waals surface area contributed by atoms with E-state index >= 15 is 0 Å². The highest BCUT2D eigenvalue weighted by atomic mass is 16.5. The lowest BCUT2D eigenvalue weighted by Gasteiger charge is -2.19. The fourth-order valence-corrected chi connectivity index (χ4v) is 2.23. The number of benzene rings is 2. The predicted octanol–water partition coefficient (Wildman–Crippen LogP) is 4.11. The molecule has 0 saturated carbocycles. The minimum absolute atomic E-state index is 0.165. The third-order valence-electron chi connectivity index (χ3n) is 3.78. The average Bonchev–Trinajstić information content (AvgIpc) is 2.56. The number of hydrogen-bond donors (Lipinski definition) is 1. The minimum atomic E-state index is -0.576. The number of hydrogen-bond acceptors (Lipinski definition) is 3. The molecule has 23 heavy (non-hydrogen) atoms. The molecule has 0 unspecified atom stereocenters. The highest BCUT2D eigenvalue weighted by Crippen LogP contribution is 2.27. The van der Waals surface area contributed by atoms with Gasteiger partial charge < -0.3 is 14.8 Å². The largest absolute Gasteiger partial charge is 0.493 e. The van der Waals surface area contributed by atoms with Crippen LogP contribution in [-0.2, 0) is 4.79 Å². The summed E-state index contributed by atoms with van der Waals surface area (Å²) in [5.74, 6) is 1.02. The third-order valence-corrected chi connectivity index (χ3v) is 3.78. The molecule has 4 heteroatoms. The Morgan fingerprint density at radius 2 is 1.78 bits per heavy atom. The van der Waals surface area contributed by atoms with E-state index in [1.165, 1.54) is 5.56 Å². The lowest BCUT2D eigenvalue weighted by atomic mass is 10.1. The molecule has 2 aromatic carbocycles. The number of nitrogens with one attached hydrogen (secondary N) is 1. The Balaban J connectivity index is 2.10. The zero-order valence-corrected chi connectivity index (χ0v) is 14.1. The van der Waals surface area contributed by atoms with Gasteiger partial charge in [-0.2, -0.15) is 0 Å². The molecule has 1 amide bonds. The molecule has 1 atom stereocenters. The summed E-state index contributed by atoms with van der Waals surface area (Å²) in [6.45, 7) is 5.98. The number of anilines is 1. The van der Waals surface area contributed by atoms with Crippen LogP contribution >= 0.6 is 0 Å². The van der Waals surface area contributed by atoms with E-state index in [9.17, 15) is 4.79 Å². The first-order valence-electron chi connectivity index (χ1n) is 7.73. The van der Waals surface area contributed by atoms with Gasteiger partial charge in [-0.15, -0.1) is 0 Å². The normalized spacial score (nSPS) is 11.7. The van der Waals surface area contributed by atoms with E-state index < -0.39 is 6.10 Å². The van der Waals surface area contributed by atoms with Crippen molar-refractivity contribution in [1.82, 2.24) is 0 Å². The average molecular weight is 313 g/mol. The van der Waals surface area contributed by atoms with Gasteiger partial charge in [-0.3, -0.25) is 4.79 Å². The van der Waals surface area contributed by atoms with Crippen LogP contribution in [0.5, 0.6) is 11.5 Å². The molecule has 0 bridgehead atoms. The van der Waals surface area contributed by atoms with Crippen LogP contribution < -0.4 is 14.8 Å². The maximum atomic E-state index is 12.5. The number of aryl methyl sites for hydroxylation is 2. The molecule has 0 aliphatic heterocycles. The number of amides is 1. The fraction of sp³-hybridized carbons (Fsp3) is 0.316. The highest BCUT2D eigenvalue weighted by molar-refractivity contribution is 5.94. The molecule has 0 spiro atoms. The van der Waals surface area contributed by atoms with Gasteiger partial charge in [0, 0.05) is 5.69 Å². The number of para-hydroxylation sites is 2. The molecule has 2 aromatic rings. The zero-order chi connectivity index (χ0) is 16.8. The lowest BCUT2D eigenvalue weighted by Crippen LogP contribution is -2.32. The SMILES string of the molecule is CC[C@H](Oc1ccccc1OC)C(=O)Nc1ccc(C)c(C)c1. The van der Waals surface area contributed by atoms with Crippen LogP contribution in [0.1, 0.15) is 24.5 Å². The molecular formula is C19H23NO3. The van der Waals surface area contributed by atoms with Gasteiger partial charge in [0.05, 0.1) is 7.11 Å². The standard InChI is InChI=1S/C19H23NO3/c1-5-16(23-18-9-7-6-8-17(18)22-4)19(21)20-15-11-10-13(2)14(3)12-15/h6-12,16H,5H2,1-4H3,(H,20,21)/t16-/m0/s1. The van der Waals surface area contributed by atoms with Crippen molar-refractivity contribution >= 4 is 11.6 Å². The molecule has 0 radical (unpaired) electrons. The summed E-state index contributed by atoms with van der Waals surface area (Å²) in [6, 6.07) is 13.2. The van der Waals surface area contributed by atoms with Gasteiger partial charge in [0.1, 0.15) is 0 Å². The van der Waals surface area contributed by atoms with E-state index in [4.69, 9.17) is 9.47 Å². The molecule has 0 aromatic heterocycles. The van der Waals surface area contributed by atoms with Crippen LogP contribution in [0.3, 0.4) is 0 Å². The molecule has 0 aliphatic rings. The van der Waals surface area contributed by atoms with Crippen molar-refractivity contribution in [2.24, 2.45) is 0 Å². The van der Waals surface area contributed by atoms with Crippen LogP contribution in [-0.4, -0.2) is 19.1 Å². The van der Waals surface area contributed by atoms with Crippen LogP contribution in [0.4, 0.5) is 5.69 Å². The summed E-state index contributed by atoms with van der Waals surface area (Å²) < 4.78 is 11.1. The van der Waals surface area contributed by atoms with Gasteiger partial charge in [0.25, 0.3) is 5.91 Å². The maximum Gasteiger partial charge on any atom is 0.265 e. The summed E-state index contributed by atoms with van der Waals surface area (Å²) in [4.78, 5) is 12.5. The summed E-state index contributed by atoms with van der Waals surface area (Å²) in [6.07, 6.45) is -0.0118. The summed E-state index contributed by atoms with van der Waals surface area (Å²) in [7, 11) is 1.58. The van der Waals surface area contributed by atoms with Crippen molar-refractivity contribution in [2.75, 3.05) is 12.4 Å². The molecule has 0 aliphatic carbocycles. The maximum absolute atomic E-state index is 12.5. The Bertz CT molecular complexity index is 682. The molecule has 0 saturated heterocycles. The second-order valence-corrected chi connectivity index (χ2v) is 5.45. The number of carbonyl (C=O) groups is 1. The fourth-order valence-electron chi connectivity index (χ4n) is 2.23. The van der Waals surface area contributed by atoms with Crippen molar-refractivity contribution in [3.05, 3.63) is 53.6 Å². The molecular weight excluding hydrogens is 290 g/mol. The van der Waals surface area contributed by atoms with Gasteiger partial charge in [-0.05, 0) is 55.7 Å². The Kier molecular flexibility index (Phi) is 5.63. The Hall–Kier alpha value is -2.49. The highest BCUT2D eigenvalue weighted by Gasteiger charge is 2.20. The Morgan fingerprint density at radius 3 is 2.39 bits per heavy atom. The van der Waals surface area contributed by atoms with Gasteiger partial charge in [-0.1, -0.05) is 25.1 Å². The predicted molar refractivity (Wildman–Crippen MR) is 92.2 cm³/mol. The first-order chi connectivity index (χ1) is 11.0. The number of ether oxygens (including phenoxy) is 2. The first kappa shape index (κ1) is 16.9. The van der Waals surface area contributed by atoms with Crippen LogP contribution in [0.2, 0.25) is 0 Å². The number of carbonyl (C=O) groups excluding carboxylic acids is 1. The molecule has 4 nitrogen and oxygen atoms in total. The monoisotopic (exact) mass is 313 g/mol. The van der Waals surface area contributed by atoms with Crippen molar-refractivity contribution in [3.63, 3.8) is 0 Å². The molecule has 122 valence electrons. The minimum Gasteiger partial charge on any atom is -0.493 e. The quantitative estimate of drug-likeness (QED) is 0.873. The summed E-state index contributed by atoms with van der Waals surface area (Å²) in [5.41, 5.74) is 3.11. The lowest BCUT2D eigenvalue weighted by molar-refractivity contribution is -0.122. The Morgan fingerprint density at radius 1 is 1.09 bits per heavy atom. The van der Waals surface area contributed by atoms with E-state index in [0.29, 0.717) is 17.9 Å². The van der Waals surface area contributed by atoms with Crippen molar-refractivity contribution < 1.29 is 14.3 Å². The van der Waals surface area contributed by atoms with Crippen LogP contribution in [0.15, 0.2) is 42.5 Å². The van der Waals surface area contributed by atoms with E-state index in [1.807, 2.05) is 57.2 Å². The topological polar surface area (TPSA) is 47.6 Å². The number of rotatable bonds is 6. The van der Waals surface area contributed by atoms with E-state index in [2.05, 4.69) is 5.32 Å². The van der Waals surface area contributed by atoms with Gasteiger partial charge >= 0.3 is 0 Å². The molecule has 2 rings (SSSR count). The Labute approximate surface area is 137 Å². The van der Waals surface area contributed by atoms with Gasteiger partial charge in [0.15, 0.2) is 17.6 Å². The van der Waals surface area contributed by atoms with Crippen molar-refractivity contribution in [2.45, 2.75) is 33.3 Å². The molecule has 0 fully saturated rings. The zero-order valence-electron chi connectivity index (χ0n) is 14.1. The summed E-state index contributed by atoms with van der Waals surface area (Å²) >= 11 is 0. The van der Waals surface area contributed by atoms with Crippen LogP contribution in [0, 0.1) is 13.8 Å². The van der Waals surface area contributed by atoms with Crippen LogP contribution in [0.25, 0.3) is 0 Å². The van der Waals surface area contributed by atoms with E-state index in [1.54, 1.807) is 13.2 Å². The number of methoxy groups -OCH3 is 1. The second-order valence-electron chi connectivity index (χ2n) is 5.45. The van der Waals surface area contributed by atoms with Gasteiger partial charge in [0.2, 0.25) is 0 Å². The van der Waals surface area contributed by atoms with Gasteiger partial charge in [-0.25, -0.2) is 0 Å². The second kappa shape index (κ2) is 7.68. The van der Waals surface area contributed by atoms with Crippen molar-refractivity contribution in [1.29, 1.82) is 0 Å². The van der Waals surface area contributed by atoms with Crippen molar-refractivity contribution in [3.8, 4) is 11.5 Å². The smallest absolute Gasteiger partial charge is 0.265 e. The third kappa shape index (κ3) is 4.25. The first-order valence-corrected chi connectivity index (χ1v) is 7.73.